The Hall–Kier alpha value is -2.83. The molecule has 4 nitrogen and oxygen atoms in total. The molecule has 0 atom stereocenters. The maximum Gasteiger partial charge on any atom is 0.416 e. The molecule has 2 aromatic carbocycles. The van der Waals surface area contributed by atoms with Crippen molar-refractivity contribution in [3.63, 3.8) is 0 Å². The average Bonchev–Trinajstić information content (AvgIpc) is 2.67. The molecule has 2 aromatic rings. The number of nitrogens with zero attached hydrogens (tertiary/aromatic N) is 1. The van der Waals surface area contributed by atoms with Crippen molar-refractivity contribution in [2.75, 3.05) is 18.0 Å². The van der Waals surface area contributed by atoms with Crippen LogP contribution in [0.15, 0.2) is 48.5 Å². The van der Waals surface area contributed by atoms with Crippen LogP contribution in [-0.2, 0) is 28.6 Å². The normalized spacial score (nSPS) is 13.8. The highest BCUT2D eigenvalue weighted by Crippen LogP contribution is 2.35. The smallest absolute Gasteiger partial charge is 0.355 e. The van der Waals surface area contributed by atoms with Crippen LogP contribution in [-0.4, -0.2) is 24.9 Å². The molecule has 0 fully saturated rings. The molecular weight excluding hydrogens is 369 g/mol. The van der Waals surface area contributed by atoms with Gasteiger partial charge in [-0.15, -0.1) is 0 Å². The molecule has 1 aliphatic heterocycles. The van der Waals surface area contributed by atoms with Crippen molar-refractivity contribution in [2.24, 2.45) is 0 Å². The summed E-state index contributed by atoms with van der Waals surface area (Å²) in [6.07, 6.45) is -2.94. The summed E-state index contributed by atoms with van der Waals surface area (Å²) >= 11 is 0. The summed E-state index contributed by atoms with van der Waals surface area (Å²) in [6, 6.07) is 12.8. The molecule has 1 aliphatic rings. The quantitative estimate of drug-likeness (QED) is 0.846. The predicted molar refractivity (Wildman–Crippen MR) is 99.9 cm³/mol. The van der Waals surface area contributed by atoms with Gasteiger partial charge in [0.05, 0.1) is 12.0 Å². The van der Waals surface area contributed by atoms with E-state index in [1.54, 1.807) is 0 Å². The number of carbonyl (C=O) groups excluding carboxylic acids is 2. The van der Waals surface area contributed by atoms with E-state index in [1.807, 2.05) is 30.3 Å². The van der Waals surface area contributed by atoms with Gasteiger partial charge >= 0.3 is 6.18 Å². The predicted octanol–water partition coefficient (Wildman–Crippen LogP) is 3.73. The molecule has 0 saturated heterocycles. The highest BCUT2D eigenvalue weighted by atomic mass is 19.4. The Bertz CT molecular complexity index is 850. The minimum Gasteiger partial charge on any atom is -0.355 e. The third-order valence-corrected chi connectivity index (χ3v) is 4.70. The van der Waals surface area contributed by atoms with Gasteiger partial charge in [0, 0.05) is 25.2 Å². The fraction of sp³-hybridized carbons (Fsp3) is 0.333. The van der Waals surface area contributed by atoms with Crippen LogP contribution in [0.3, 0.4) is 0 Å². The van der Waals surface area contributed by atoms with E-state index >= 15 is 0 Å². The largest absolute Gasteiger partial charge is 0.416 e. The molecule has 0 radical (unpaired) electrons. The molecular formula is C21H21F3N2O2. The van der Waals surface area contributed by atoms with Gasteiger partial charge < -0.3 is 10.2 Å². The number of hydrogen-bond acceptors (Lipinski definition) is 2. The topological polar surface area (TPSA) is 49.4 Å². The number of anilines is 1. The second-order valence-electron chi connectivity index (χ2n) is 6.75. The van der Waals surface area contributed by atoms with Crippen molar-refractivity contribution < 1.29 is 22.8 Å². The summed E-state index contributed by atoms with van der Waals surface area (Å²) in [4.78, 5) is 26.0. The third kappa shape index (κ3) is 4.91. The number of aryl methyl sites for hydroxylation is 1. The fourth-order valence-corrected chi connectivity index (χ4v) is 3.32. The zero-order valence-electron chi connectivity index (χ0n) is 15.3. The lowest BCUT2D eigenvalue weighted by Gasteiger charge is -2.30. The van der Waals surface area contributed by atoms with Gasteiger partial charge in [-0.05, 0) is 42.2 Å². The van der Waals surface area contributed by atoms with Gasteiger partial charge in [0.1, 0.15) is 0 Å². The number of carbonyl (C=O) groups is 2. The number of hydrogen-bond donors (Lipinski definition) is 1. The first kappa shape index (κ1) is 19.9. The fourth-order valence-electron chi connectivity index (χ4n) is 3.32. The van der Waals surface area contributed by atoms with Crippen LogP contribution in [0.2, 0.25) is 0 Å². The average molecular weight is 390 g/mol. The lowest BCUT2D eigenvalue weighted by Crippen LogP contribution is -2.38. The highest BCUT2D eigenvalue weighted by Gasteiger charge is 2.32. The molecule has 0 saturated carbocycles. The van der Waals surface area contributed by atoms with Gasteiger partial charge in [-0.1, -0.05) is 30.3 Å². The molecule has 0 bridgehead atoms. The van der Waals surface area contributed by atoms with E-state index in [0.29, 0.717) is 30.6 Å². The van der Waals surface area contributed by atoms with Crippen LogP contribution in [0.25, 0.3) is 0 Å². The highest BCUT2D eigenvalue weighted by molar-refractivity contribution is 5.95. The first-order valence-corrected chi connectivity index (χ1v) is 9.16. The molecule has 0 aliphatic carbocycles. The van der Waals surface area contributed by atoms with Crippen molar-refractivity contribution in [1.82, 2.24) is 5.32 Å². The van der Waals surface area contributed by atoms with Crippen LogP contribution in [0.5, 0.6) is 0 Å². The lowest BCUT2D eigenvalue weighted by atomic mass is 9.98. The zero-order chi connectivity index (χ0) is 20.1. The SMILES string of the molecule is O=C(Cc1ccccc1)NCCC(=O)N1CCCc2cc(C(F)(F)F)ccc21. The summed E-state index contributed by atoms with van der Waals surface area (Å²) in [6.45, 7) is 0.659. The molecule has 2 amide bonds. The Labute approximate surface area is 161 Å². The Balaban J connectivity index is 1.56. The Morgan fingerprint density at radius 3 is 2.54 bits per heavy atom. The van der Waals surface area contributed by atoms with E-state index < -0.39 is 11.7 Å². The standard InChI is InChI=1S/C21H21F3N2O2/c22-21(23,24)17-8-9-18-16(14-17)7-4-12-26(18)20(28)10-11-25-19(27)13-15-5-2-1-3-6-15/h1-3,5-6,8-9,14H,4,7,10-13H2,(H,25,27). The summed E-state index contributed by atoms with van der Waals surface area (Å²) in [7, 11) is 0. The van der Waals surface area contributed by atoms with Crippen molar-refractivity contribution in [1.29, 1.82) is 0 Å². The molecule has 7 heteroatoms. The molecule has 3 rings (SSSR count). The van der Waals surface area contributed by atoms with Gasteiger partial charge in [0.25, 0.3) is 0 Å². The number of fused-ring (bicyclic) bond motifs is 1. The molecule has 0 spiro atoms. The molecule has 28 heavy (non-hydrogen) atoms. The molecule has 0 aromatic heterocycles. The van der Waals surface area contributed by atoms with Gasteiger partial charge in [0.15, 0.2) is 0 Å². The number of halogens is 3. The molecule has 148 valence electrons. The summed E-state index contributed by atoms with van der Waals surface area (Å²) in [5.74, 6) is -0.381. The third-order valence-electron chi connectivity index (χ3n) is 4.70. The van der Waals surface area contributed by atoms with E-state index in [4.69, 9.17) is 0 Å². The first-order chi connectivity index (χ1) is 13.3. The summed E-state index contributed by atoms with van der Waals surface area (Å²) < 4.78 is 38.7. The Kier molecular flexibility index (Phi) is 6.02. The van der Waals surface area contributed by atoms with Crippen molar-refractivity contribution in [2.45, 2.75) is 31.9 Å². The number of alkyl halides is 3. The molecule has 0 unspecified atom stereocenters. The van der Waals surface area contributed by atoms with E-state index in [2.05, 4.69) is 5.32 Å². The number of benzene rings is 2. The van der Waals surface area contributed by atoms with Gasteiger partial charge in [-0.3, -0.25) is 9.59 Å². The summed E-state index contributed by atoms with van der Waals surface area (Å²) in [5.41, 5.74) is 1.24. The monoisotopic (exact) mass is 390 g/mol. The van der Waals surface area contributed by atoms with Crippen molar-refractivity contribution in [3.8, 4) is 0 Å². The lowest BCUT2D eigenvalue weighted by molar-refractivity contribution is -0.137. The molecule has 1 N–H and O–H groups in total. The van der Waals surface area contributed by atoms with E-state index in [0.717, 1.165) is 17.7 Å². The van der Waals surface area contributed by atoms with Crippen LogP contribution in [0, 0.1) is 0 Å². The Morgan fingerprint density at radius 2 is 1.82 bits per heavy atom. The van der Waals surface area contributed by atoms with Gasteiger partial charge in [0.2, 0.25) is 11.8 Å². The van der Waals surface area contributed by atoms with Crippen LogP contribution in [0.1, 0.15) is 29.5 Å². The number of amides is 2. The second kappa shape index (κ2) is 8.46. The Morgan fingerprint density at radius 1 is 1.07 bits per heavy atom. The van der Waals surface area contributed by atoms with E-state index in [-0.39, 0.29) is 31.2 Å². The maximum atomic E-state index is 12.9. The minimum absolute atomic E-state index is 0.0982. The minimum atomic E-state index is -4.40. The van der Waals surface area contributed by atoms with Crippen LogP contribution >= 0.6 is 0 Å². The second-order valence-corrected chi connectivity index (χ2v) is 6.75. The zero-order valence-corrected chi connectivity index (χ0v) is 15.3. The first-order valence-electron chi connectivity index (χ1n) is 9.16. The van der Waals surface area contributed by atoms with E-state index in [9.17, 15) is 22.8 Å². The number of nitrogens with one attached hydrogen (secondary N) is 1. The van der Waals surface area contributed by atoms with Crippen LogP contribution < -0.4 is 10.2 Å². The summed E-state index contributed by atoms with van der Waals surface area (Å²) in [5, 5.41) is 2.72. The van der Waals surface area contributed by atoms with Gasteiger partial charge in [-0.25, -0.2) is 0 Å². The molecule has 1 heterocycles. The van der Waals surface area contributed by atoms with Crippen LogP contribution in [0.4, 0.5) is 18.9 Å². The van der Waals surface area contributed by atoms with Crippen molar-refractivity contribution in [3.05, 3.63) is 65.2 Å². The van der Waals surface area contributed by atoms with E-state index in [1.165, 1.54) is 11.0 Å². The maximum absolute atomic E-state index is 12.9. The number of rotatable bonds is 5. The van der Waals surface area contributed by atoms with Crippen molar-refractivity contribution >= 4 is 17.5 Å². The van der Waals surface area contributed by atoms with Gasteiger partial charge in [-0.2, -0.15) is 13.2 Å².